The molecule has 0 fully saturated rings. The molecule has 0 saturated heterocycles. The summed E-state index contributed by atoms with van der Waals surface area (Å²) < 4.78 is 13.7. The molecule has 0 saturated carbocycles. The Morgan fingerprint density at radius 1 is 1.55 bits per heavy atom. The fourth-order valence-electron chi connectivity index (χ4n) is 0.776. The lowest BCUT2D eigenvalue weighted by Gasteiger charge is -1.88. The molecular weight excluding hydrogens is 183 g/mol. The van der Waals surface area contributed by atoms with E-state index in [1.165, 1.54) is 17.4 Å². The highest BCUT2D eigenvalue weighted by molar-refractivity contribution is 7.63. The van der Waals surface area contributed by atoms with E-state index in [-0.39, 0.29) is 5.82 Å². The summed E-state index contributed by atoms with van der Waals surface area (Å²) in [7, 11) is 0. The molecule has 0 bridgehead atoms. The van der Waals surface area contributed by atoms with Gasteiger partial charge in [0.15, 0.2) is 0 Å². The van der Waals surface area contributed by atoms with E-state index in [4.69, 9.17) is 12.6 Å². The zero-order valence-corrected chi connectivity index (χ0v) is 6.88. The summed E-state index contributed by atoms with van der Waals surface area (Å²) in [4.78, 5) is 7.67. The molecule has 0 atom stereocenters. The predicted octanol–water partition coefficient (Wildman–Crippen LogP) is 1.74. The van der Waals surface area contributed by atoms with Crippen LogP contribution in [0, 0.1) is 5.82 Å². The number of halogens is 1. The van der Waals surface area contributed by atoms with E-state index in [0.717, 1.165) is 6.20 Å². The second kappa shape index (κ2) is 2.35. The standard InChI is InChI=1S/C6H3FN2S2/c7-3-1-4-5(8-2-3)9-6(10)11-4/h1-2H,(H,8,9,10)/p-1. The van der Waals surface area contributed by atoms with Crippen LogP contribution in [-0.2, 0) is 12.6 Å². The summed E-state index contributed by atoms with van der Waals surface area (Å²) in [5, 5.41) is 0. The monoisotopic (exact) mass is 185 g/mol. The van der Waals surface area contributed by atoms with Crippen LogP contribution in [0.4, 0.5) is 4.39 Å². The molecule has 2 aromatic heterocycles. The topological polar surface area (TPSA) is 25.8 Å². The lowest BCUT2D eigenvalue weighted by molar-refractivity contribution is 0.624. The number of hydrogen-bond donors (Lipinski definition) is 0. The summed E-state index contributed by atoms with van der Waals surface area (Å²) in [6.07, 6.45) is 1.14. The van der Waals surface area contributed by atoms with E-state index in [1.807, 2.05) is 0 Å². The first kappa shape index (κ1) is 6.87. The van der Waals surface area contributed by atoms with Gasteiger partial charge in [-0.1, -0.05) is 0 Å². The SMILES string of the molecule is Fc1cnc2nc([S-])sc2c1. The molecule has 56 valence electrons. The van der Waals surface area contributed by atoms with E-state index >= 15 is 0 Å². The molecule has 0 radical (unpaired) electrons. The average Bonchev–Trinajstić information content (AvgIpc) is 2.27. The fourth-order valence-corrected chi connectivity index (χ4v) is 1.81. The third kappa shape index (κ3) is 1.17. The van der Waals surface area contributed by atoms with E-state index in [1.54, 1.807) is 0 Å². The number of pyridine rings is 1. The van der Waals surface area contributed by atoms with Gasteiger partial charge in [0.2, 0.25) is 0 Å². The lowest BCUT2D eigenvalue weighted by Crippen LogP contribution is -1.77. The van der Waals surface area contributed by atoms with Gasteiger partial charge in [-0.25, -0.2) is 14.4 Å². The molecule has 2 aromatic rings. The predicted molar refractivity (Wildman–Crippen MR) is 43.0 cm³/mol. The molecule has 11 heavy (non-hydrogen) atoms. The van der Waals surface area contributed by atoms with Crippen LogP contribution < -0.4 is 0 Å². The Balaban J connectivity index is 2.82. The summed E-state index contributed by atoms with van der Waals surface area (Å²) >= 11 is 6.07. The zero-order valence-electron chi connectivity index (χ0n) is 5.24. The first-order valence-electron chi connectivity index (χ1n) is 2.85. The summed E-state index contributed by atoms with van der Waals surface area (Å²) in [5.41, 5.74) is 0.529. The van der Waals surface area contributed by atoms with Crippen molar-refractivity contribution in [3.63, 3.8) is 0 Å². The molecule has 2 nitrogen and oxygen atoms in total. The molecule has 0 N–H and O–H groups in total. The number of hydrogen-bond acceptors (Lipinski definition) is 4. The minimum absolute atomic E-state index is 0.351. The van der Waals surface area contributed by atoms with E-state index in [2.05, 4.69) is 9.97 Å². The van der Waals surface area contributed by atoms with Crippen molar-refractivity contribution in [2.24, 2.45) is 0 Å². The third-order valence-corrected chi connectivity index (χ3v) is 2.32. The van der Waals surface area contributed by atoms with Crippen LogP contribution in [-0.4, -0.2) is 9.97 Å². The van der Waals surface area contributed by atoms with Crippen LogP contribution in [0.3, 0.4) is 0 Å². The van der Waals surface area contributed by atoms with Gasteiger partial charge in [-0.2, -0.15) is 0 Å². The van der Waals surface area contributed by atoms with Gasteiger partial charge < -0.3 is 24.0 Å². The first-order chi connectivity index (χ1) is 5.25. The molecule has 0 aliphatic rings. The van der Waals surface area contributed by atoms with Crippen LogP contribution in [0.1, 0.15) is 0 Å². The Labute approximate surface area is 71.5 Å². The highest BCUT2D eigenvalue weighted by atomic mass is 32.2. The van der Waals surface area contributed by atoms with E-state index in [0.29, 0.717) is 14.7 Å². The Morgan fingerprint density at radius 2 is 2.36 bits per heavy atom. The van der Waals surface area contributed by atoms with Crippen molar-refractivity contribution in [1.82, 2.24) is 9.97 Å². The molecule has 2 rings (SSSR count). The Bertz CT molecular complexity index is 398. The minimum atomic E-state index is -0.351. The van der Waals surface area contributed by atoms with Gasteiger partial charge in [0.25, 0.3) is 0 Å². The van der Waals surface area contributed by atoms with E-state index in [9.17, 15) is 4.39 Å². The molecule has 0 unspecified atom stereocenters. The van der Waals surface area contributed by atoms with Crippen molar-refractivity contribution in [1.29, 1.82) is 0 Å². The lowest BCUT2D eigenvalue weighted by atomic mass is 10.5. The summed E-state index contributed by atoms with van der Waals surface area (Å²) in [6, 6.07) is 1.38. The number of fused-ring (bicyclic) bond motifs is 1. The largest absolute Gasteiger partial charge is 0.408 e. The van der Waals surface area contributed by atoms with Gasteiger partial charge in [-0.15, -0.1) is 0 Å². The minimum Gasteiger partial charge on any atom is -0.408 e. The number of thiazole rings is 1. The number of rotatable bonds is 0. The Kier molecular flexibility index (Phi) is 1.47. The molecule has 2 heterocycles. The van der Waals surface area contributed by atoms with Crippen LogP contribution in [0.2, 0.25) is 0 Å². The highest BCUT2D eigenvalue weighted by Crippen LogP contribution is 2.19. The van der Waals surface area contributed by atoms with Crippen molar-refractivity contribution >= 4 is 34.3 Å². The maximum Gasteiger partial charge on any atom is 0.149 e. The molecule has 0 aromatic carbocycles. The Hall–Kier alpha value is -0.810. The molecular formula is C6H2FN2S2-. The maximum absolute atomic E-state index is 12.5. The number of nitrogens with zero attached hydrogens (tertiary/aromatic N) is 2. The maximum atomic E-state index is 12.5. The normalized spacial score (nSPS) is 10.6. The first-order valence-corrected chi connectivity index (χ1v) is 4.07. The van der Waals surface area contributed by atoms with Gasteiger partial charge in [0.05, 0.1) is 6.20 Å². The van der Waals surface area contributed by atoms with Crippen LogP contribution in [0.25, 0.3) is 10.3 Å². The van der Waals surface area contributed by atoms with Gasteiger partial charge in [-0.3, -0.25) is 0 Å². The number of aromatic nitrogens is 2. The molecule has 0 aliphatic heterocycles. The van der Waals surface area contributed by atoms with Crippen LogP contribution in [0.5, 0.6) is 0 Å². The van der Waals surface area contributed by atoms with Gasteiger partial charge in [0.1, 0.15) is 11.5 Å². The molecule has 0 amide bonds. The molecule has 0 aliphatic carbocycles. The van der Waals surface area contributed by atoms with Crippen molar-refractivity contribution in [3.05, 3.63) is 18.1 Å². The average molecular weight is 185 g/mol. The van der Waals surface area contributed by atoms with Crippen LogP contribution in [0.15, 0.2) is 16.6 Å². The second-order valence-corrected chi connectivity index (χ2v) is 3.63. The third-order valence-electron chi connectivity index (χ3n) is 1.19. The zero-order chi connectivity index (χ0) is 7.84. The van der Waals surface area contributed by atoms with E-state index < -0.39 is 0 Å². The van der Waals surface area contributed by atoms with Crippen molar-refractivity contribution < 1.29 is 4.39 Å². The quantitative estimate of drug-likeness (QED) is 0.585. The molecule has 5 heteroatoms. The molecule has 0 spiro atoms. The summed E-state index contributed by atoms with van der Waals surface area (Å²) in [6.45, 7) is 0. The van der Waals surface area contributed by atoms with Gasteiger partial charge >= 0.3 is 0 Å². The van der Waals surface area contributed by atoms with Gasteiger partial charge in [0, 0.05) is 0 Å². The van der Waals surface area contributed by atoms with Gasteiger partial charge in [-0.05, 0) is 15.1 Å². The smallest absolute Gasteiger partial charge is 0.149 e. The second-order valence-electron chi connectivity index (χ2n) is 1.96. The van der Waals surface area contributed by atoms with Crippen molar-refractivity contribution in [2.75, 3.05) is 0 Å². The van der Waals surface area contributed by atoms with Crippen LogP contribution >= 0.6 is 11.3 Å². The highest BCUT2D eigenvalue weighted by Gasteiger charge is 1.95. The summed E-state index contributed by atoms with van der Waals surface area (Å²) in [5.74, 6) is -0.351. The Morgan fingerprint density at radius 3 is 3.18 bits per heavy atom. The fraction of sp³-hybridized carbons (Fsp3) is 0. The van der Waals surface area contributed by atoms with Crippen molar-refractivity contribution in [2.45, 2.75) is 4.34 Å². The van der Waals surface area contributed by atoms with Crippen molar-refractivity contribution in [3.8, 4) is 0 Å².